The Bertz CT molecular complexity index is 3100. The molecule has 0 saturated carbocycles. The Hall–Kier alpha value is -7.17. The number of furan rings is 1. The Morgan fingerprint density at radius 3 is 1.89 bits per heavy atom. The molecule has 11 rings (SSSR count). The van der Waals surface area contributed by atoms with Gasteiger partial charge in [-0.2, -0.15) is 0 Å². The third-order valence-electron chi connectivity index (χ3n) is 11.5. The summed E-state index contributed by atoms with van der Waals surface area (Å²) in [4.78, 5) is 7.13. The van der Waals surface area contributed by atoms with E-state index in [1.54, 1.807) is 0 Å². The monoisotopic (exact) mass is 720 g/mol. The van der Waals surface area contributed by atoms with Crippen molar-refractivity contribution < 1.29 is 8.83 Å². The maximum absolute atomic E-state index is 6.69. The molecule has 0 atom stereocenters. The minimum absolute atomic E-state index is 0.132. The lowest BCUT2D eigenvalue weighted by Gasteiger charge is -2.28. The maximum Gasteiger partial charge on any atom is 0.227 e. The molecule has 0 aliphatic heterocycles. The van der Waals surface area contributed by atoms with Gasteiger partial charge in [0.05, 0.1) is 11.1 Å². The minimum Gasteiger partial charge on any atom is -0.456 e. The average molecular weight is 721 g/mol. The summed E-state index contributed by atoms with van der Waals surface area (Å²) < 4.78 is 12.9. The van der Waals surface area contributed by atoms with Gasteiger partial charge in [-0.05, 0) is 117 Å². The van der Waals surface area contributed by atoms with Gasteiger partial charge >= 0.3 is 0 Å². The molecule has 1 aliphatic carbocycles. The third kappa shape index (κ3) is 5.10. The zero-order valence-electron chi connectivity index (χ0n) is 31.0. The van der Waals surface area contributed by atoms with Gasteiger partial charge in [-0.1, -0.05) is 123 Å². The van der Waals surface area contributed by atoms with Gasteiger partial charge in [0.25, 0.3) is 0 Å². The normalized spacial score (nSPS) is 13.0. The second-order valence-corrected chi connectivity index (χ2v) is 15.2. The Morgan fingerprint density at radius 1 is 0.446 bits per heavy atom. The van der Waals surface area contributed by atoms with Crippen molar-refractivity contribution in [2.45, 2.75) is 19.3 Å². The predicted molar refractivity (Wildman–Crippen MR) is 230 cm³/mol. The molecular formula is C52H36N2O2. The van der Waals surface area contributed by atoms with Crippen molar-refractivity contribution in [3.05, 3.63) is 193 Å². The van der Waals surface area contributed by atoms with Crippen LogP contribution in [-0.2, 0) is 5.41 Å². The van der Waals surface area contributed by atoms with E-state index in [1.165, 1.54) is 33.4 Å². The predicted octanol–water partition coefficient (Wildman–Crippen LogP) is 14.5. The van der Waals surface area contributed by atoms with Crippen molar-refractivity contribution in [1.29, 1.82) is 0 Å². The second kappa shape index (κ2) is 12.4. The van der Waals surface area contributed by atoms with Gasteiger partial charge in [0.15, 0.2) is 5.58 Å². The van der Waals surface area contributed by atoms with Crippen molar-refractivity contribution in [2.24, 2.45) is 0 Å². The summed E-state index contributed by atoms with van der Waals surface area (Å²) in [5, 5.41) is 2.13. The highest BCUT2D eigenvalue weighted by molar-refractivity contribution is 6.14. The summed E-state index contributed by atoms with van der Waals surface area (Å²) in [6.45, 7) is 4.68. The number of oxazole rings is 1. The Kier molecular flexibility index (Phi) is 7.17. The first-order valence-electron chi connectivity index (χ1n) is 19.1. The van der Waals surface area contributed by atoms with E-state index in [9.17, 15) is 0 Å². The molecule has 4 heteroatoms. The van der Waals surface area contributed by atoms with Crippen LogP contribution in [0.5, 0.6) is 0 Å². The van der Waals surface area contributed by atoms with Gasteiger partial charge in [-0.3, -0.25) is 0 Å². The molecule has 0 unspecified atom stereocenters. The Labute approximate surface area is 324 Å². The molecule has 1 aliphatic rings. The number of hydrogen-bond acceptors (Lipinski definition) is 4. The van der Waals surface area contributed by atoms with Gasteiger partial charge < -0.3 is 13.7 Å². The van der Waals surface area contributed by atoms with Crippen molar-refractivity contribution in [3.63, 3.8) is 0 Å². The summed E-state index contributed by atoms with van der Waals surface area (Å²) in [5.41, 5.74) is 17.1. The van der Waals surface area contributed by atoms with E-state index in [2.05, 4.69) is 164 Å². The lowest BCUT2D eigenvalue weighted by Crippen LogP contribution is -2.16. The summed E-state index contributed by atoms with van der Waals surface area (Å²) >= 11 is 0. The number of fused-ring (bicyclic) bond motifs is 7. The highest BCUT2D eigenvalue weighted by Gasteiger charge is 2.36. The van der Waals surface area contributed by atoms with E-state index >= 15 is 0 Å². The molecule has 0 amide bonds. The van der Waals surface area contributed by atoms with Crippen LogP contribution < -0.4 is 4.90 Å². The van der Waals surface area contributed by atoms with Crippen LogP contribution in [0.3, 0.4) is 0 Å². The van der Waals surface area contributed by atoms with Crippen LogP contribution in [0.4, 0.5) is 17.1 Å². The van der Waals surface area contributed by atoms with Gasteiger partial charge in [-0.15, -0.1) is 0 Å². The molecule has 0 fully saturated rings. The quantitative estimate of drug-likeness (QED) is 0.171. The molecule has 8 aromatic carbocycles. The van der Waals surface area contributed by atoms with Crippen molar-refractivity contribution in [2.75, 3.05) is 4.90 Å². The molecule has 0 saturated heterocycles. The van der Waals surface area contributed by atoms with E-state index in [1.807, 2.05) is 36.4 Å². The molecule has 10 aromatic rings. The molecule has 56 heavy (non-hydrogen) atoms. The standard InChI is InChI=1S/C52H36N2O2/c1-52(2)43-17-10-9-16-40(43)41-28-26-39(32-44(41)52)54(38-24-20-34(21-25-38)33-12-5-3-6-13-33)46-18-11-19-47-50(46)42-27-22-36(30-48(42)55-47)37-23-29-45-49(31-37)56-51(53-45)35-14-7-4-8-15-35/h3-32H,1-2H3. The molecule has 0 spiro atoms. The second-order valence-electron chi connectivity index (χ2n) is 15.2. The molecule has 0 N–H and O–H groups in total. The van der Waals surface area contributed by atoms with E-state index in [0.29, 0.717) is 5.89 Å². The van der Waals surface area contributed by atoms with Crippen LogP contribution in [0.2, 0.25) is 0 Å². The van der Waals surface area contributed by atoms with Crippen LogP contribution in [0.15, 0.2) is 191 Å². The molecule has 0 radical (unpaired) electrons. The van der Waals surface area contributed by atoms with Crippen LogP contribution >= 0.6 is 0 Å². The number of rotatable bonds is 6. The van der Waals surface area contributed by atoms with Crippen molar-refractivity contribution in [1.82, 2.24) is 4.98 Å². The molecule has 0 bridgehead atoms. The first-order valence-corrected chi connectivity index (χ1v) is 19.1. The van der Waals surface area contributed by atoms with Gasteiger partial charge in [0, 0.05) is 27.7 Å². The Morgan fingerprint density at radius 2 is 1.09 bits per heavy atom. The van der Waals surface area contributed by atoms with Crippen LogP contribution in [-0.4, -0.2) is 4.98 Å². The van der Waals surface area contributed by atoms with Gasteiger partial charge in [-0.25, -0.2) is 4.98 Å². The van der Waals surface area contributed by atoms with Crippen LogP contribution in [0, 0.1) is 0 Å². The zero-order valence-corrected chi connectivity index (χ0v) is 31.0. The number of anilines is 3. The number of aromatic nitrogens is 1. The molecule has 4 nitrogen and oxygen atoms in total. The number of hydrogen-bond donors (Lipinski definition) is 0. The van der Waals surface area contributed by atoms with Crippen molar-refractivity contribution >= 4 is 50.1 Å². The summed E-state index contributed by atoms with van der Waals surface area (Å²) in [7, 11) is 0. The summed E-state index contributed by atoms with van der Waals surface area (Å²) in [6, 6.07) is 64.3. The Balaban J connectivity index is 1.05. The van der Waals surface area contributed by atoms with E-state index in [-0.39, 0.29) is 5.41 Å². The van der Waals surface area contributed by atoms with Crippen LogP contribution in [0.25, 0.3) is 77.9 Å². The highest BCUT2D eigenvalue weighted by atomic mass is 16.3. The lowest BCUT2D eigenvalue weighted by atomic mass is 9.82. The van der Waals surface area contributed by atoms with E-state index in [4.69, 9.17) is 13.8 Å². The third-order valence-corrected chi connectivity index (χ3v) is 11.5. The molecule has 2 heterocycles. The summed E-state index contributed by atoms with van der Waals surface area (Å²) in [5.74, 6) is 0.619. The smallest absolute Gasteiger partial charge is 0.227 e. The summed E-state index contributed by atoms with van der Waals surface area (Å²) in [6.07, 6.45) is 0. The van der Waals surface area contributed by atoms with Gasteiger partial charge in [0.2, 0.25) is 5.89 Å². The van der Waals surface area contributed by atoms with Crippen LogP contribution in [0.1, 0.15) is 25.0 Å². The minimum atomic E-state index is -0.132. The van der Waals surface area contributed by atoms with E-state index in [0.717, 1.165) is 66.8 Å². The van der Waals surface area contributed by atoms with Gasteiger partial charge in [0.1, 0.15) is 16.7 Å². The first kappa shape index (κ1) is 32.3. The SMILES string of the molecule is CC1(C)c2ccccc2-c2ccc(N(c3ccc(-c4ccccc4)cc3)c3cccc4oc5cc(-c6ccc7nc(-c8ccccc8)oc7c6)ccc5c34)cc21. The highest BCUT2D eigenvalue weighted by Crippen LogP contribution is 2.51. The zero-order chi connectivity index (χ0) is 37.4. The lowest BCUT2D eigenvalue weighted by molar-refractivity contribution is 0.620. The number of benzene rings is 8. The first-order chi connectivity index (χ1) is 27.5. The van der Waals surface area contributed by atoms with E-state index < -0.39 is 0 Å². The largest absolute Gasteiger partial charge is 0.456 e. The maximum atomic E-state index is 6.69. The fraction of sp³-hybridized carbons (Fsp3) is 0.0577. The van der Waals surface area contributed by atoms with Crippen molar-refractivity contribution in [3.8, 4) is 44.8 Å². The molecule has 266 valence electrons. The molecule has 2 aromatic heterocycles. The molecular weight excluding hydrogens is 685 g/mol. The number of nitrogens with zero attached hydrogens (tertiary/aromatic N) is 2. The average Bonchev–Trinajstić information content (AvgIpc) is 3.92. The fourth-order valence-corrected chi connectivity index (χ4v) is 8.67. The topological polar surface area (TPSA) is 42.4 Å². The fourth-order valence-electron chi connectivity index (χ4n) is 8.67.